The van der Waals surface area contributed by atoms with Crippen LogP contribution in [-0.4, -0.2) is 31.6 Å². The fraction of sp³-hybridized carbons (Fsp3) is 1.00. The molecule has 0 bridgehead atoms. The van der Waals surface area contributed by atoms with Crippen molar-refractivity contribution < 1.29 is 13.5 Å². The zero-order valence-electron chi connectivity index (χ0n) is 6.66. The highest BCUT2D eigenvalue weighted by atomic mass is 32.2. The van der Waals surface area contributed by atoms with E-state index >= 15 is 0 Å². The van der Waals surface area contributed by atoms with E-state index in [1.807, 2.05) is 0 Å². The first kappa shape index (κ1) is 9.00. The minimum absolute atomic E-state index is 0.131. The van der Waals surface area contributed by atoms with Crippen molar-refractivity contribution in [1.29, 1.82) is 0 Å². The standard InChI is InChI=1S/C7H14O3S/c1-11(9,10)7-3-2-6(4-7)5-8/h6-8H,2-5H2,1H3/t6-,7+/m0/s1. The Bertz CT molecular complexity index is 220. The predicted octanol–water partition coefficient (Wildman–Crippen LogP) is 0.192. The van der Waals surface area contributed by atoms with Crippen molar-refractivity contribution >= 4 is 9.84 Å². The smallest absolute Gasteiger partial charge is 0.150 e. The summed E-state index contributed by atoms with van der Waals surface area (Å²) in [6.45, 7) is 0.131. The molecule has 0 radical (unpaired) electrons. The molecule has 0 aromatic heterocycles. The Balaban J connectivity index is 2.55. The van der Waals surface area contributed by atoms with E-state index in [0.717, 1.165) is 12.8 Å². The Labute approximate surface area is 67.3 Å². The van der Waals surface area contributed by atoms with Gasteiger partial charge in [0, 0.05) is 12.9 Å². The summed E-state index contributed by atoms with van der Waals surface area (Å²) in [5.74, 6) is 0.217. The second-order valence-corrected chi connectivity index (χ2v) is 5.64. The minimum atomic E-state index is -2.86. The number of sulfone groups is 1. The lowest BCUT2D eigenvalue weighted by Crippen LogP contribution is -2.16. The van der Waals surface area contributed by atoms with Gasteiger partial charge in [-0.05, 0) is 25.2 Å². The molecule has 4 heteroatoms. The van der Waals surface area contributed by atoms with Crippen molar-refractivity contribution in [2.45, 2.75) is 24.5 Å². The van der Waals surface area contributed by atoms with Crippen molar-refractivity contribution in [3.8, 4) is 0 Å². The van der Waals surface area contributed by atoms with Gasteiger partial charge < -0.3 is 5.11 Å². The molecule has 1 fully saturated rings. The molecule has 0 unspecified atom stereocenters. The van der Waals surface area contributed by atoms with Crippen molar-refractivity contribution in [3.05, 3.63) is 0 Å². The molecule has 0 amide bonds. The Morgan fingerprint density at radius 3 is 2.36 bits per heavy atom. The lowest BCUT2D eigenvalue weighted by molar-refractivity contribution is 0.230. The molecule has 0 heterocycles. The van der Waals surface area contributed by atoms with E-state index in [0.29, 0.717) is 6.42 Å². The van der Waals surface area contributed by atoms with E-state index in [9.17, 15) is 8.42 Å². The minimum Gasteiger partial charge on any atom is -0.396 e. The van der Waals surface area contributed by atoms with Crippen LogP contribution in [0.15, 0.2) is 0 Å². The number of hydrogen-bond acceptors (Lipinski definition) is 3. The third kappa shape index (κ3) is 2.17. The first-order valence-electron chi connectivity index (χ1n) is 3.83. The highest BCUT2D eigenvalue weighted by Crippen LogP contribution is 2.29. The molecule has 1 N–H and O–H groups in total. The topological polar surface area (TPSA) is 54.4 Å². The van der Waals surface area contributed by atoms with Gasteiger partial charge in [0.1, 0.15) is 9.84 Å². The summed E-state index contributed by atoms with van der Waals surface area (Å²) < 4.78 is 22.0. The average Bonchev–Trinajstić information content (AvgIpc) is 2.32. The van der Waals surface area contributed by atoms with Gasteiger partial charge in [-0.1, -0.05) is 0 Å². The predicted molar refractivity (Wildman–Crippen MR) is 43.1 cm³/mol. The molecular formula is C7H14O3S. The van der Waals surface area contributed by atoms with Gasteiger partial charge in [0.15, 0.2) is 0 Å². The van der Waals surface area contributed by atoms with E-state index in [2.05, 4.69) is 0 Å². The summed E-state index contributed by atoms with van der Waals surface area (Å²) in [4.78, 5) is 0. The van der Waals surface area contributed by atoms with E-state index in [1.54, 1.807) is 0 Å². The van der Waals surface area contributed by atoms with Crippen molar-refractivity contribution in [3.63, 3.8) is 0 Å². The van der Waals surface area contributed by atoms with Crippen LogP contribution in [0.25, 0.3) is 0 Å². The molecule has 1 saturated carbocycles. The Hall–Kier alpha value is -0.0900. The van der Waals surface area contributed by atoms with Crippen molar-refractivity contribution in [2.75, 3.05) is 12.9 Å². The first-order valence-corrected chi connectivity index (χ1v) is 5.79. The number of aliphatic hydroxyl groups is 1. The Kier molecular flexibility index (Phi) is 2.54. The van der Waals surface area contributed by atoms with Crippen molar-refractivity contribution in [2.24, 2.45) is 5.92 Å². The Morgan fingerprint density at radius 1 is 1.45 bits per heavy atom. The molecule has 1 aliphatic rings. The molecule has 0 aromatic carbocycles. The van der Waals surface area contributed by atoms with Gasteiger partial charge in [0.25, 0.3) is 0 Å². The molecule has 3 nitrogen and oxygen atoms in total. The number of rotatable bonds is 2. The van der Waals surface area contributed by atoms with Crippen LogP contribution in [0, 0.1) is 5.92 Å². The van der Waals surface area contributed by atoms with Gasteiger partial charge in [-0.2, -0.15) is 0 Å². The van der Waals surface area contributed by atoms with Gasteiger partial charge in [-0.25, -0.2) is 8.42 Å². The van der Waals surface area contributed by atoms with Crippen LogP contribution < -0.4 is 0 Å². The molecule has 1 aliphatic carbocycles. The zero-order chi connectivity index (χ0) is 8.48. The maximum absolute atomic E-state index is 11.0. The SMILES string of the molecule is CS(=O)(=O)[C@@H]1CC[C@H](CO)C1. The lowest BCUT2D eigenvalue weighted by atomic mass is 10.1. The summed E-state index contributed by atoms with van der Waals surface area (Å²) in [5, 5.41) is 8.56. The molecule has 2 atom stereocenters. The fourth-order valence-corrected chi connectivity index (χ4v) is 2.77. The second-order valence-electron chi connectivity index (χ2n) is 3.31. The van der Waals surface area contributed by atoms with Gasteiger partial charge in [0.2, 0.25) is 0 Å². The molecule has 0 aliphatic heterocycles. The largest absolute Gasteiger partial charge is 0.396 e. The monoisotopic (exact) mass is 178 g/mol. The highest BCUT2D eigenvalue weighted by Gasteiger charge is 2.30. The van der Waals surface area contributed by atoms with E-state index < -0.39 is 9.84 Å². The highest BCUT2D eigenvalue weighted by molar-refractivity contribution is 7.91. The van der Waals surface area contributed by atoms with Crippen molar-refractivity contribution in [1.82, 2.24) is 0 Å². The third-order valence-electron chi connectivity index (χ3n) is 2.36. The summed E-state index contributed by atoms with van der Waals surface area (Å²) >= 11 is 0. The summed E-state index contributed by atoms with van der Waals surface area (Å²) in [6.07, 6.45) is 3.51. The molecular weight excluding hydrogens is 164 g/mol. The fourth-order valence-electron chi connectivity index (χ4n) is 1.58. The third-order valence-corrected chi connectivity index (χ3v) is 4.00. The molecule has 0 aromatic rings. The molecule has 1 rings (SSSR count). The maximum Gasteiger partial charge on any atom is 0.150 e. The summed E-state index contributed by atoms with van der Waals surface area (Å²) in [5.41, 5.74) is 0. The van der Waals surface area contributed by atoms with Crippen LogP contribution in [-0.2, 0) is 9.84 Å². The van der Waals surface area contributed by atoms with Gasteiger partial charge >= 0.3 is 0 Å². The summed E-state index contributed by atoms with van der Waals surface area (Å²) in [7, 11) is -2.86. The zero-order valence-corrected chi connectivity index (χ0v) is 7.47. The van der Waals surface area contributed by atoms with Crippen LogP contribution in [0.1, 0.15) is 19.3 Å². The molecule has 66 valence electrons. The van der Waals surface area contributed by atoms with Gasteiger partial charge in [-0.15, -0.1) is 0 Å². The second kappa shape index (κ2) is 3.11. The van der Waals surface area contributed by atoms with Gasteiger partial charge in [-0.3, -0.25) is 0 Å². The van der Waals surface area contributed by atoms with Crippen LogP contribution in [0.4, 0.5) is 0 Å². The maximum atomic E-state index is 11.0. The first-order chi connectivity index (χ1) is 5.04. The summed E-state index contributed by atoms with van der Waals surface area (Å²) in [6, 6.07) is 0. The van der Waals surface area contributed by atoms with E-state index in [4.69, 9.17) is 5.11 Å². The quantitative estimate of drug-likeness (QED) is 0.657. The Morgan fingerprint density at radius 2 is 2.09 bits per heavy atom. The van der Waals surface area contributed by atoms with E-state index in [-0.39, 0.29) is 17.8 Å². The van der Waals surface area contributed by atoms with E-state index in [1.165, 1.54) is 6.26 Å². The van der Waals surface area contributed by atoms with Gasteiger partial charge in [0.05, 0.1) is 5.25 Å². The molecule has 11 heavy (non-hydrogen) atoms. The molecule has 0 saturated heterocycles. The van der Waals surface area contributed by atoms with Crippen LogP contribution in [0.5, 0.6) is 0 Å². The van der Waals surface area contributed by atoms with Crippen LogP contribution in [0.3, 0.4) is 0 Å². The normalized spacial score (nSPS) is 32.5. The van der Waals surface area contributed by atoms with Crippen LogP contribution in [0.2, 0.25) is 0 Å². The average molecular weight is 178 g/mol. The lowest BCUT2D eigenvalue weighted by Gasteiger charge is -2.06. The molecule has 0 spiro atoms. The van der Waals surface area contributed by atoms with Crippen LogP contribution >= 0.6 is 0 Å². The number of hydrogen-bond donors (Lipinski definition) is 1. The number of aliphatic hydroxyl groups excluding tert-OH is 1.